The number of nitriles is 1. The van der Waals surface area contributed by atoms with Crippen LogP contribution in [0.4, 0.5) is 0 Å². The Kier molecular flexibility index (Phi) is 4.60. The van der Waals surface area contributed by atoms with E-state index in [1.54, 1.807) is 18.3 Å². The van der Waals surface area contributed by atoms with Gasteiger partial charge in [-0.1, -0.05) is 19.3 Å². The van der Waals surface area contributed by atoms with Gasteiger partial charge in [-0.05, 0) is 42.2 Å². The number of nitrogens with zero attached hydrogens (tertiary/aromatic N) is 1. The Labute approximate surface area is 118 Å². The molecule has 3 nitrogen and oxygen atoms in total. The van der Waals surface area contributed by atoms with E-state index in [9.17, 15) is 10.1 Å². The first-order valence-electron chi connectivity index (χ1n) is 6.83. The van der Waals surface area contributed by atoms with Gasteiger partial charge in [-0.15, -0.1) is 0 Å². The first-order valence-corrected chi connectivity index (χ1v) is 7.78. The van der Waals surface area contributed by atoms with E-state index in [1.807, 2.05) is 5.38 Å². The number of carbonyl (C=O) groups is 1. The van der Waals surface area contributed by atoms with Crippen molar-refractivity contribution in [3.63, 3.8) is 0 Å². The van der Waals surface area contributed by atoms with Gasteiger partial charge in [-0.3, -0.25) is 4.79 Å². The molecule has 1 aromatic heterocycles. The van der Waals surface area contributed by atoms with Gasteiger partial charge >= 0.3 is 5.97 Å². The van der Waals surface area contributed by atoms with Crippen LogP contribution in [0, 0.1) is 17.2 Å². The Morgan fingerprint density at radius 3 is 2.79 bits per heavy atom. The molecule has 1 heterocycles. The van der Waals surface area contributed by atoms with Gasteiger partial charge in [0.15, 0.2) is 5.92 Å². The number of rotatable bonds is 4. The lowest BCUT2D eigenvalue weighted by Gasteiger charge is -2.39. The molecular formula is C15H19NO2S. The van der Waals surface area contributed by atoms with Crippen molar-refractivity contribution in [3.8, 4) is 6.07 Å². The fraction of sp³-hybridized carbons (Fsp3) is 0.600. The zero-order chi connectivity index (χ0) is 13.7. The highest BCUT2D eigenvalue weighted by molar-refractivity contribution is 7.08. The van der Waals surface area contributed by atoms with Gasteiger partial charge < -0.3 is 4.74 Å². The molecule has 0 bridgehead atoms. The summed E-state index contributed by atoms with van der Waals surface area (Å²) in [6.45, 7) is 2.11. The molecular weight excluding hydrogens is 258 g/mol. The SMILES string of the molecule is CCOC(=O)C(C#N)C1(c2ccsc2)CCCCC1. The lowest BCUT2D eigenvalue weighted by molar-refractivity contribution is -0.148. The molecule has 1 aliphatic carbocycles. The van der Waals surface area contributed by atoms with Crippen molar-refractivity contribution >= 4 is 17.3 Å². The fourth-order valence-electron chi connectivity index (χ4n) is 3.10. The lowest BCUT2D eigenvalue weighted by Crippen LogP contribution is -2.41. The first kappa shape index (κ1) is 14.1. The third kappa shape index (κ3) is 2.66. The van der Waals surface area contributed by atoms with Crippen molar-refractivity contribution in [3.05, 3.63) is 22.4 Å². The molecule has 0 radical (unpaired) electrons. The van der Waals surface area contributed by atoms with Gasteiger partial charge in [-0.2, -0.15) is 16.6 Å². The molecule has 0 spiro atoms. The van der Waals surface area contributed by atoms with Gasteiger partial charge in [-0.25, -0.2) is 0 Å². The predicted molar refractivity (Wildman–Crippen MR) is 74.8 cm³/mol. The minimum atomic E-state index is -0.678. The van der Waals surface area contributed by atoms with Gasteiger partial charge in [0.1, 0.15) is 0 Å². The highest BCUT2D eigenvalue weighted by atomic mass is 32.1. The summed E-state index contributed by atoms with van der Waals surface area (Å²) < 4.78 is 5.11. The Balaban J connectivity index is 2.36. The van der Waals surface area contributed by atoms with Crippen LogP contribution in [-0.4, -0.2) is 12.6 Å². The summed E-state index contributed by atoms with van der Waals surface area (Å²) in [6, 6.07) is 4.27. The summed E-state index contributed by atoms with van der Waals surface area (Å²) in [5.74, 6) is -1.04. The molecule has 2 rings (SSSR count). The topological polar surface area (TPSA) is 50.1 Å². The summed E-state index contributed by atoms with van der Waals surface area (Å²) in [4.78, 5) is 12.1. The molecule has 1 unspecified atom stereocenters. The summed E-state index contributed by atoms with van der Waals surface area (Å²) in [7, 11) is 0. The third-order valence-electron chi connectivity index (χ3n) is 4.05. The van der Waals surface area contributed by atoms with Gasteiger partial charge in [0.05, 0.1) is 12.7 Å². The molecule has 0 saturated heterocycles. The Morgan fingerprint density at radius 2 is 2.26 bits per heavy atom. The third-order valence-corrected chi connectivity index (χ3v) is 4.73. The summed E-state index contributed by atoms with van der Waals surface area (Å²) >= 11 is 1.62. The van der Waals surface area contributed by atoms with E-state index >= 15 is 0 Å². The number of carbonyl (C=O) groups excluding carboxylic acids is 1. The molecule has 0 aliphatic heterocycles. The second-order valence-corrected chi connectivity index (χ2v) is 5.82. The van der Waals surface area contributed by atoms with E-state index in [1.165, 1.54) is 6.42 Å². The quantitative estimate of drug-likeness (QED) is 0.789. The fourth-order valence-corrected chi connectivity index (χ4v) is 3.87. The molecule has 1 fully saturated rings. The summed E-state index contributed by atoms with van der Waals surface area (Å²) in [6.07, 6.45) is 5.15. The second-order valence-electron chi connectivity index (χ2n) is 5.04. The van der Waals surface area contributed by atoms with Crippen molar-refractivity contribution in [2.24, 2.45) is 5.92 Å². The molecule has 1 saturated carbocycles. The van der Waals surface area contributed by atoms with Crippen LogP contribution in [0.1, 0.15) is 44.6 Å². The van der Waals surface area contributed by atoms with Crippen LogP contribution in [0.3, 0.4) is 0 Å². The van der Waals surface area contributed by atoms with E-state index in [2.05, 4.69) is 17.5 Å². The maximum Gasteiger partial charge on any atom is 0.324 e. The van der Waals surface area contributed by atoms with Crippen molar-refractivity contribution in [1.82, 2.24) is 0 Å². The maximum absolute atomic E-state index is 12.1. The minimum Gasteiger partial charge on any atom is -0.465 e. The Bertz CT molecular complexity index is 455. The monoisotopic (exact) mass is 277 g/mol. The van der Waals surface area contributed by atoms with Crippen molar-refractivity contribution < 1.29 is 9.53 Å². The molecule has 19 heavy (non-hydrogen) atoms. The first-order chi connectivity index (χ1) is 9.24. The molecule has 4 heteroatoms. The van der Waals surface area contributed by atoms with Crippen LogP contribution in [0.15, 0.2) is 16.8 Å². The predicted octanol–water partition coefficient (Wildman–Crippen LogP) is 3.65. The minimum absolute atomic E-state index is 0.330. The number of hydrogen-bond acceptors (Lipinski definition) is 4. The molecule has 0 amide bonds. The smallest absolute Gasteiger partial charge is 0.324 e. The van der Waals surface area contributed by atoms with E-state index < -0.39 is 5.92 Å². The van der Waals surface area contributed by atoms with Crippen LogP contribution in [0.5, 0.6) is 0 Å². The number of esters is 1. The molecule has 1 atom stereocenters. The largest absolute Gasteiger partial charge is 0.465 e. The van der Waals surface area contributed by atoms with Crippen LogP contribution in [0.25, 0.3) is 0 Å². The highest BCUT2D eigenvalue weighted by Gasteiger charge is 2.46. The highest BCUT2D eigenvalue weighted by Crippen LogP contribution is 2.46. The van der Waals surface area contributed by atoms with Crippen LogP contribution in [-0.2, 0) is 14.9 Å². The number of thiophene rings is 1. The summed E-state index contributed by atoms with van der Waals surface area (Å²) in [5, 5.41) is 13.6. The average Bonchev–Trinajstić information content (AvgIpc) is 2.95. The van der Waals surface area contributed by atoms with Gasteiger partial charge in [0, 0.05) is 5.41 Å². The maximum atomic E-state index is 12.1. The normalized spacial score (nSPS) is 19.4. The second kappa shape index (κ2) is 6.21. The lowest BCUT2D eigenvalue weighted by atomic mass is 9.63. The zero-order valence-corrected chi connectivity index (χ0v) is 12.0. The van der Waals surface area contributed by atoms with Gasteiger partial charge in [0.25, 0.3) is 0 Å². The average molecular weight is 277 g/mol. The molecule has 0 N–H and O–H groups in total. The Hall–Kier alpha value is -1.34. The van der Waals surface area contributed by atoms with Crippen molar-refractivity contribution in [2.45, 2.75) is 44.4 Å². The van der Waals surface area contributed by atoms with Crippen LogP contribution >= 0.6 is 11.3 Å². The Morgan fingerprint density at radius 1 is 1.53 bits per heavy atom. The number of ether oxygens (including phenoxy) is 1. The number of hydrogen-bond donors (Lipinski definition) is 0. The van der Waals surface area contributed by atoms with Crippen LogP contribution in [0.2, 0.25) is 0 Å². The van der Waals surface area contributed by atoms with Gasteiger partial charge in [0.2, 0.25) is 0 Å². The van der Waals surface area contributed by atoms with Crippen LogP contribution < -0.4 is 0 Å². The van der Waals surface area contributed by atoms with Crippen molar-refractivity contribution in [2.75, 3.05) is 6.61 Å². The van der Waals surface area contributed by atoms with E-state index in [0.717, 1.165) is 31.2 Å². The zero-order valence-electron chi connectivity index (χ0n) is 11.2. The molecule has 1 aromatic rings. The van der Waals surface area contributed by atoms with Crippen molar-refractivity contribution in [1.29, 1.82) is 5.26 Å². The molecule has 1 aliphatic rings. The van der Waals surface area contributed by atoms with E-state index in [0.29, 0.717) is 6.61 Å². The molecule has 102 valence electrons. The van der Waals surface area contributed by atoms with E-state index in [-0.39, 0.29) is 11.4 Å². The summed E-state index contributed by atoms with van der Waals surface area (Å²) in [5.41, 5.74) is 0.802. The standard InChI is InChI=1S/C15H19NO2S/c1-2-18-14(17)13(10-16)15(7-4-3-5-8-15)12-6-9-19-11-12/h6,9,11,13H,2-5,7-8H2,1H3. The molecule has 0 aromatic carbocycles. The van der Waals surface area contributed by atoms with E-state index in [4.69, 9.17) is 4.74 Å².